The molecule has 0 bridgehead atoms. The minimum atomic E-state index is 0.210. The van der Waals surface area contributed by atoms with Gasteiger partial charge in [-0.05, 0) is 66.5 Å². The predicted molar refractivity (Wildman–Crippen MR) is 86.7 cm³/mol. The molecule has 3 rings (SSSR count). The fraction of sp³-hybridized carbons (Fsp3) is 1.00. The van der Waals surface area contributed by atoms with Crippen molar-refractivity contribution in [1.29, 1.82) is 0 Å². The van der Waals surface area contributed by atoms with Crippen LogP contribution in [-0.4, -0.2) is 60.4 Å². The summed E-state index contributed by atoms with van der Waals surface area (Å²) in [7, 11) is 0. The van der Waals surface area contributed by atoms with Crippen molar-refractivity contribution >= 4 is 0 Å². The van der Waals surface area contributed by atoms with E-state index in [2.05, 4.69) is 43.2 Å². The molecule has 21 heavy (non-hydrogen) atoms. The van der Waals surface area contributed by atoms with Crippen molar-refractivity contribution in [3.63, 3.8) is 0 Å². The van der Waals surface area contributed by atoms with Crippen LogP contribution in [0.1, 0.15) is 53.4 Å². The summed E-state index contributed by atoms with van der Waals surface area (Å²) in [5, 5.41) is 7.72. The monoisotopic (exact) mass is 295 g/mol. The molecule has 3 heterocycles. The van der Waals surface area contributed by atoms with Crippen molar-refractivity contribution in [3.05, 3.63) is 0 Å². The maximum Gasteiger partial charge on any atom is 0.0638 e. The Morgan fingerprint density at radius 1 is 1.00 bits per heavy atom. The Balaban J connectivity index is 1.62. The summed E-state index contributed by atoms with van der Waals surface area (Å²) in [6.07, 6.45) is 5.10. The molecule has 122 valence electrons. The molecule has 0 aromatic rings. The first-order chi connectivity index (χ1) is 9.85. The highest BCUT2D eigenvalue weighted by molar-refractivity contribution is 5.02. The summed E-state index contributed by atoms with van der Waals surface area (Å²) in [4.78, 5) is 2.64. The third-order valence-electron chi connectivity index (χ3n) is 5.30. The topological polar surface area (TPSA) is 36.5 Å². The molecular weight excluding hydrogens is 262 g/mol. The first kappa shape index (κ1) is 15.7. The summed E-state index contributed by atoms with van der Waals surface area (Å²) in [5.41, 5.74) is 0.421. The fourth-order valence-corrected chi connectivity index (χ4v) is 4.88. The number of nitrogens with zero attached hydrogens (tertiary/aromatic N) is 1. The fourth-order valence-electron chi connectivity index (χ4n) is 4.88. The van der Waals surface area contributed by atoms with Crippen LogP contribution in [0, 0.1) is 0 Å². The number of hydrogen-bond donors (Lipinski definition) is 2. The van der Waals surface area contributed by atoms with Crippen LogP contribution in [0.4, 0.5) is 0 Å². The largest absolute Gasteiger partial charge is 0.378 e. The minimum Gasteiger partial charge on any atom is -0.378 e. The molecule has 3 aliphatic heterocycles. The standard InChI is InChI=1S/C17H33N3O/c1-16(2)9-13(10-17(3,4)19-16)18-14-11-21-12-15(14)20-7-5-6-8-20/h13-15,18-19H,5-12H2,1-4H3. The van der Waals surface area contributed by atoms with Crippen LogP contribution in [0.2, 0.25) is 0 Å². The van der Waals surface area contributed by atoms with E-state index in [4.69, 9.17) is 4.74 Å². The van der Waals surface area contributed by atoms with E-state index in [-0.39, 0.29) is 11.1 Å². The third-order valence-corrected chi connectivity index (χ3v) is 5.30. The van der Waals surface area contributed by atoms with Crippen molar-refractivity contribution in [1.82, 2.24) is 15.5 Å². The molecule has 3 aliphatic rings. The normalized spacial score (nSPS) is 37.1. The van der Waals surface area contributed by atoms with E-state index in [1.54, 1.807) is 0 Å². The summed E-state index contributed by atoms with van der Waals surface area (Å²) in [6, 6.07) is 1.69. The Bertz CT molecular complexity index is 347. The molecule has 0 spiro atoms. The number of ether oxygens (including phenoxy) is 1. The van der Waals surface area contributed by atoms with E-state index in [0.717, 1.165) is 13.2 Å². The minimum absolute atomic E-state index is 0.210. The number of rotatable bonds is 3. The average Bonchev–Trinajstić information content (AvgIpc) is 2.93. The van der Waals surface area contributed by atoms with E-state index in [1.165, 1.54) is 38.8 Å². The molecule has 0 radical (unpaired) electrons. The molecule has 0 aromatic carbocycles. The Morgan fingerprint density at radius 3 is 2.24 bits per heavy atom. The molecule has 2 unspecified atom stereocenters. The molecule has 2 atom stereocenters. The van der Waals surface area contributed by atoms with Gasteiger partial charge < -0.3 is 15.4 Å². The third kappa shape index (κ3) is 3.79. The summed E-state index contributed by atoms with van der Waals surface area (Å²) in [6.45, 7) is 13.6. The van der Waals surface area contributed by atoms with Crippen LogP contribution in [0.3, 0.4) is 0 Å². The Labute approximate surface area is 130 Å². The molecule has 0 amide bonds. The van der Waals surface area contributed by atoms with Gasteiger partial charge in [-0.3, -0.25) is 4.90 Å². The average molecular weight is 295 g/mol. The zero-order valence-electron chi connectivity index (χ0n) is 14.2. The van der Waals surface area contributed by atoms with Crippen LogP contribution >= 0.6 is 0 Å². The molecule has 4 nitrogen and oxygen atoms in total. The van der Waals surface area contributed by atoms with Crippen molar-refractivity contribution < 1.29 is 4.74 Å². The van der Waals surface area contributed by atoms with Gasteiger partial charge in [0.1, 0.15) is 0 Å². The van der Waals surface area contributed by atoms with Gasteiger partial charge in [0.05, 0.1) is 19.3 Å². The van der Waals surface area contributed by atoms with Crippen molar-refractivity contribution in [3.8, 4) is 0 Å². The van der Waals surface area contributed by atoms with Crippen LogP contribution < -0.4 is 10.6 Å². The lowest BCUT2D eigenvalue weighted by Gasteiger charge is -2.47. The number of piperidine rings is 1. The molecule has 0 aliphatic carbocycles. The molecular formula is C17H33N3O. The predicted octanol–water partition coefficient (Wildman–Crippen LogP) is 1.75. The highest BCUT2D eigenvalue weighted by Crippen LogP contribution is 2.30. The molecule has 3 fully saturated rings. The van der Waals surface area contributed by atoms with Crippen molar-refractivity contribution in [2.24, 2.45) is 0 Å². The molecule has 2 N–H and O–H groups in total. The highest BCUT2D eigenvalue weighted by atomic mass is 16.5. The second-order valence-corrected chi connectivity index (χ2v) is 8.62. The van der Waals surface area contributed by atoms with E-state index < -0.39 is 0 Å². The smallest absolute Gasteiger partial charge is 0.0638 e. The van der Waals surface area contributed by atoms with Gasteiger partial charge >= 0.3 is 0 Å². The van der Waals surface area contributed by atoms with E-state index >= 15 is 0 Å². The number of likely N-dealkylation sites (tertiary alicyclic amines) is 1. The van der Waals surface area contributed by atoms with Gasteiger partial charge in [0.2, 0.25) is 0 Å². The van der Waals surface area contributed by atoms with Gasteiger partial charge in [-0.1, -0.05) is 0 Å². The van der Waals surface area contributed by atoms with Crippen molar-refractivity contribution in [2.45, 2.75) is 82.6 Å². The zero-order chi connectivity index (χ0) is 15.1. The van der Waals surface area contributed by atoms with Crippen LogP contribution in [0.5, 0.6) is 0 Å². The molecule has 3 saturated heterocycles. The second kappa shape index (κ2) is 5.80. The van der Waals surface area contributed by atoms with Crippen LogP contribution in [-0.2, 0) is 4.74 Å². The number of nitrogens with one attached hydrogen (secondary N) is 2. The van der Waals surface area contributed by atoms with Crippen LogP contribution in [0.25, 0.3) is 0 Å². The maximum absolute atomic E-state index is 5.81. The van der Waals surface area contributed by atoms with Gasteiger partial charge in [-0.2, -0.15) is 0 Å². The summed E-state index contributed by atoms with van der Waals surface area (Å²) < 4.78 is 5.81. The molecule has 4 heteroatoms. The quantitative estimate of drug-likeness (QED) is 0.832. The lowest BCUT2D eigenvalue weighted by atomic mass is 9.79. The second-order valence-electron chi connectivity index (χ2n) is 8.62. The SMILES string of the molecule is CC1(C)CC(NC2COCC2N2CCCC2)CC(C)(C)N1. The highest BCUT2D eigenvalue weighted by Gasteiger charge is 2.41. The first-order valence-corrected chi connectivity index (χ1v) is 8.72. The van der Waals surface area contributed by atoms with Gasteiger partial charge in [-0.25, -0.2) is 0 Å². The zero-order valence-corrected chi connectivity index (χ0v) is 14.2. The van der Waals surface area contributed by atoms with E-state index in [1.807, 2.05) is 0 Å². The van der Waals surface area contributed by atoms with Gasteiger partial charge in [0, 0.05) is 23.2 Å². The van der Waals surface area contributed by atoms with Gasteiger partial charge in [0.25, 0.3) is 0 Å². The van der Waals surface area contributed by atoms with E-state index in [9.17, 15) is 0 Å². The Kier molecular flexibility index (Phi) is 4.34. The van der Waals surface area contributed by atoms with E-state index in [0.29, 0.717) is 18.1 Å². The van der Waals surface area contributed by atoms with Crippen LogP contribution in [0.15, 0.2) is 0 Å². The Hall–Kier alpha value is -0.160. The maximum atomic E-state index is 5.81. The summed E-state index contributed by atoms with van der Waals surface area (Å²) in [5.74, 6) is 0. The van der Waals surface area contributed by atoms with Crippen molar-refractivity contribution in [2.75, 3.05) is 26.3 Å². The molecule has 0 aromatic heterocycles. The van der Waals surface area contributed by atoms with Gasteiger partial charge in [-0.15, -0.1) is 0 Å². The first-order valence-electron chi connectivity index (χ1n) is 8.72. The number of hydrogen-bond acceptors (Lipinski definition) is 4. The Morgan fingerprint density at radius 2 is 1.62 bits per heavy atom. The summed E-state index contributed by atoms with van der Waals surface area (Å²) >= 11 is 0. The lowest BCUT2D eigenvalue weighted by molar-refractivity contribution is 0.128. The van der Waals surface area contributed by atoms with Gasteiger partial charge in [0.15, 0.2) is 0 Å². The molecule has 0 saturated carbocycles. The lowest BCUT2D eigenvalue weighted by Crippen LogP contribution is -2.63.